The molecule has 0 aliphatic rings. The number of para-hydroxylation sites is 1. The summed E-state index contributed by atoms with van der Waals surface area (Å²) in [6, 6.07) is 14.6. The van der Waals surface area contributed by atoms with E-state index in [4.69, 9.17) is 9.47 Å². The average Bonchev–Trinajstić information content (AvgIpc) is 2.58. The molecule has 5 nitrogen and oxygen atoms in total. The van der Waals surface area contributed by atoms with E-state index in [2.05, 4.69) is 21.2 Å². The number of amides is 1. The van der Waals surface area contributed by atoms with Crippen LogP contribution in [0.4, 0.5) is 0 Å². The van der Waals surface area contributed by atoms with Crippen LogP contribution in [0.15, 0.2) is 53.0 Å². The highest BCUT2D eigenvalue weighted by Crippen LogP contribution is 2.22. The molecule has 0 bridgehead atoms. The normalized spacial score (nSPS) is 10.4. The summed E-state index contributed by atoms with van der Waals surface area (Å²) in [7, 11) is 0. The first kappa shape index (κ1) is 19.0. The molecular formula is C19H20BrNO4. The molecule has 6 heteroatoms. The number of halogens is 1. The number of nitrogens with one attached hydrogen (secondary N) is 1. The number of rotatable bonds is 7. The van der Waals surface area contributed by atoms with Gasteiger partial charge in [0.1, 0.15) is 18.9 Å². The molecule has 0 atom stereocenters. The molecule has 0 spiro atoms. The summed E-state index contributed by atoms with van der Waals surface area (Å²) in [5.41, 5.74) is 1.34. The maximum atomic E-state index is 12.3. The summed E-state index contributed by atoms with van der Waals surface area (Å²) < 4.78 is 11.7. The van der Waals surface area contributed by atoms with Gasteiger partial charge in [-0.1, -0.05) is 46.3 Å². The molecule has 2 aromatic rings. The molecule has 132 valence electrons. The van der Waals surface area contributed by atoms with E-state index >= 15 is 0 Å². The molecule has 1 N–H and O–H groups in total. The van der Waals surface area contributed by atoms with Gasteiger partial charge in [0.2, 0.25) is 0 Å². The fraction of sp³-hybridized carbons (Fsp3) is 0.263. The second-order valence-electron chi connectivity index (χ2n) is 5.60. The number of esters is 1. The Hall–Kier alpha value is -2.34. The Labute approximate surface area is 155 Å². The van der Waals surface area contributed by atoms with Gasteiger partial charge in [0, 0.05) is 10.0 Å². The van der Waals surface area contributed by atoms with Gasteiger partial charge in [0.15, 0.2) is 0 Å². The first-order valence-corrected chi connectivity index (χ1v) is 8.69. The molecule has 2 aromatic carbocycles. The molecule has 0 fully saturated rings. The number of hydrogen-bond donors (Lipinski definition) is 1. The van der Waals surface area contributed by atoms with E-state index in [1.165, 1.54) is 0 Å². The molecule has 2 rings (SSSR count). The van der Waals surface area contributed by atoms with Crippen molar-refractivity contribution in [2.24, 2.45) is 0 Å². The SMILES string of the molecule is CC(C)OC(=O)CNC(=O)c1ccccc1OCc1ccccc1Br. The second kappa shape index (κ2) is 9.22. The molecule has 0 aromatic heterocycles. The Balaban J connectivity index is 2.01. The quantitative estimate of drug-likeness (QED) is 0.713. The van der Waals surface area contributed by atoms with Gasteiger partial charge in [-0.3, -0.25) is 9.59 Å². The van der Waals surface area contributed by atoms with Crippen molar-refractivity contribution in [3.8, 4) is 5.75 Å². The maximum Gasteiger partial charge on any atom is 0.325 e. The van der Waals surface area contributed by atoms with Gasteiger partial charge in [-0.2, -0.15) is 0 Å². The van der Waals surface area contributed by atoms with Crippen LogP contribution in [0.5, 0.6) is 5.75 Å². The zero-order valence-corrected chi connectivity index (χ0v) is 15.7. The van der Waals surface area contributed by atoms with Crippen molar-refractivity contribution >= 4 is 27.8 Å². The minimum atomic E-state index is -0.477. The molecule has 0 aliphatic heterocycles. The second-order valence-corrected chi connectivity index (χ2v) is 6.45. The van der Waals surface area contributed by atoms with Crippen molar-refractivity contribution < 1.29 is 19.1 Å². The van der Waals surface area contributed by atoms with Gasteiger partial charge in [-0.15, -0.1) is 0 Å². The van der Waals surface area contributed by atoms with Gasteiger partial charge in [0.25, 0.3) is 5.91 Å². The lowest BCUT2D eigenvalue weighted by Crippen LogP contribution is -2.31. The molecule has 0 saturated carbocycles. The average molecular weight is 406 g/mol. The monoisotopic (exact) mass is 405 g/mol. The lowest BCUT2D eigenvalue weighted by Gasteiger charge is -2.13. The molecule has 0 saturated heterocycles. The summed E-state index contributed by atoms with van der Waals surface area (Å²) >= 11 is 3.47. The maximum absolute atomic E-state index is 12.3. The number of benzene rings is 2. The van der Waals surface area contributed by atoms with Crippen LogP contribution in [0.3, 0.4) is 0 Å². The molecule has 0 heterocycles. The highest BCUT2D eigenvalue weighted by atomic mass is 79.9. The molecule has 0 radical (unpaired) electrons. The number of carbonyl (C=O) groups is 2. The van der Waals surface area contributed by atoms with Crippen LogP contribution in [0.2, 0.25) is 0 Å². The summed E-state index contributed by atoms with van der Waals surface area (Å²) in [6.45, 7) is 3.64. The van der Waals surface area contributed by atoms with Crippen LogP contribution < -0.4 is 10.1 Å². The van der Waals surface area contributed by atoms with Gasteiger partial charge in [0.05, 0.1) is 11.7 Å². The third-order valence-electron chi connectivity index (χ3n) is 3.23. The lowest BCUT2D eigenvalue weighted by molar-refractivity contribution is -0.146. The number of ether oxygens (including phenoxy) is 2. The Morgan fingerprint density at radius 2 is 1.76 bits per heavy atom. The van der Waals surface area contributed by atoms with Crippen LogP contribution in [-0.2, 0) is 16.1 Å². The smallest absolute Gasteiger partial charge is 0.325 e. The third-order valence-corrected chi connectivity index (χ3v) is 4.01. The molecule has 0 unspecified atom stereocenters. The number of hydrogen-bond acceptors (Lipinski definition) is 4. The van der Waals surface area contributed by atoms with Crippen molar-refractivity contribution in [1.29, 1.82) is 0 Å². The van der Waals surface area contributed by atoms with Gasteiger partial charge in [-0.25, -0.2) is 0 Å². The van der Waals surface area contributed by atoms with E-state index in [1.54, 1.807) is 38.1 Å². The van der Waals surface area contributed by atoms with Crippen molar-refractivity contribution in [2.45, 2.75) is 26.6 Å². The predicted octanol–water partition coefficient (Wildman–Crippen LogP) is 3.71. The van der Waals surface area contributed by atoms with Crippen LogP contribution >= 0.6 is 15.9 Å². The fourth-order valence-corrected chi connectivity index (χ4v) is 2.50. The van der Waals surface area contributed by atoms with E-state index in [0.29, 0.717) is 17.9 Å². The Bertz CT molecular complexity index is 746. The minimum absolute atomic E-state index is 0.185. The van der Waals surface area contributed by atoms with Gasteiger partial charge in [-0.05, 0) is 32.0 Å². The fourth-order valence-electron chi connectivity index (χ4n) is 2.10. The van der Waals surface area contributed by atoms with E-state index in [0.717, 1.165) is 10.0 Å². The third kappa shape index (κ3) is 5.90. The zero-order valence-electron chi connectivity index (χ0n) is 14.1. The molecule has 0 aliphatic carbocycles. The van der Waals surface area contributed by atoms with E-state index in [-0.39, 0.29) is 18.6 Å². The van der Waals surface area contributed by atoms with Crippen LogP contribution in [-0.4, -0.2) is 24.5 Å². The van der Waals surface area contributed by atoms with Crippen LogP contribution in [0, 0.1) is 0 Å². The highest BCUT2D eigenvalue weighted by Gasteiger charge is 2.14. The van der Waals surface area contributed by atoms with E-state index in [1.807, 2.05) is 24.3 Å². The Morgan fingerprint density at radius 1 is 1.08 bits per heavy atom. The first-order chi connectivity index (χ1) is 12.0. The van der Waals surface area contributed by atoms with Crippen molar-refractivity contribution in [1.82, 2.24) is 5.32 Å². The summed E-state index contributed by atoms with van der Waals surface area (Å²) in [5, 5.41) is 2.55. The summed E-state index contributed by atoms with van der Waals surface area (Å²) in [6.07, 6.45) is -0.218. The summed E-state index contributed by atoms with van der Waals surface area (Å²) in [4.78, 5) is 23.9. The van der Waals surface area contributed by atoms with E-state index in [9.17, 15) is 9.59 Å². The first-order valence-electron chi connectivity index (χ1n) is 7.90. The molecular weight excluding hydrogens is 386 g/mol. The van der Waals surface area contributed by atoms with Crippen LogP contribution in [0.1, 0.15) is 29.8 Å². The van der Waals surface area contributed by atoms with Gasteiger partial charge < -0.3 is 14.8 Å². The zero-order chi connectivity index (χ0) is 18.2. The largest absolute Gasteiger partial charge is 0.488 e. The summed E-state index contributed by atoms with van der Waals surface area (Å²) in [5.74, 6) is -0.411. The lowest BCUT2D eigenvalue weighted by atomic mass is 10.2. The number of carbonyl (C=O) groups excluding carboxylic acids is 2. The van der Waals surface area contributed by atoms with Crippen molar-refractivity contribution in [3.63, 3.8) is 0 Å². The van der Waals surface area contributed by atoms with Gasteiger partial charge >= 0.3 is 5.97 Å². The highest BCUT2D eigenvalue weighted by molar-refractivity contribution is 9.10. The topological polar surface area (TPSA) is 64.6 Å². The van der Waals surface area contributed by atoms with Crippen LogP contribution in [0.25, 0.3) is 0 Å². The Kier molecular flexibility index (Phi) is 7.01. The van der Waals surface area contributed by atoms with Crippen molar-refractivity contribution in [2.75, 3.05) is 6.54 Å². The molecule has 1 amide bonds. The van der Waals surface area contributed by atoms with Crippen molar-refractivity contribution in [3.05, 3.63) is 64.1 Å². The van der Waals surface area contributed by atoms with E-state index < -0.39 is 5.97 Å². The predicted molar refractivity (Wildman–Crippen MR) is 98.5 cm³/mol. The Morgan fingerprint density at radius 3 is 2.48 bits per heavy atom. The standard InChI is InChI=1S/C19H20BrNO4/c1-13(2)25-18(22)11-21-19(23)15-8-4-6-10-17(15)24-12-14-7-3-5-9-16(14)20/h3-10,13H,11-12H2,1-2H3,(H,21,23). The minimum Gasteiger partial charge on any atom is -0.488 e. The molecule has 25 heavy (non-hydrogen) atoms.